The zero-order chi connectivity index (χ0) is 18.4. The number of nitrogens with one attached hydrogen (secondary N) is 2. The largest absolute Gasteiger partial charge is 0.480 e. The highest BCUT2D eigenvalue weighted by Crippen LogP contribution is 2.15. The number of carboxylic acids is 1. The number of carbonyl (C=O) groups excluding carboxylic acids is 2. The van der Waals surface area contributed by atoms with Crippen molar-refractivity contribution in [2.24, 2.45) is 5.92 Å². The monoisotopic (exact) mass is 342 g/mol. The Bertz CT molecular complexity index is 786. The Hall–Kier alpha value is -2.89. The van der Waals surface area contributed by atoms with Gasteiger partial charge in [-0.1, -0.05) is 44.2 Å². The van der Waals surface area contributed by atoms with E-state index in [1.165, 1.54) is 0 Å². The van der Waals surface area contributed by atoms with Gasteiger partial charge < -0.3 is 15.7 Å². The van der Waals surface area contributed by atoms with E-state index in [-0.39, 0.29) is 24.8 Å². The molecule has 2 amide bonds. The van der Waals surface area contributed by atoms with Gasteiger partial charge in [0.25, 0.3) is 5.91 Å². The molecule has 0 fully saturated rings. The third-order valence-electron chi connectivity index (χ3n) is 3.90. The summed E-state index contributed by atoms with van der Waals surface area (Å²) in [7, 11) is 0. The quantitative estimate of drug-likeness (QED) is 0.719. The van der Waals surface area contributed by atoms with Crippen LogP contribution in [0.15, 0.2) is 42.5 Å². The molecule has 2 aromatic rings. The standard InChI is InChI=1S/C19H22N2O4/c1-12(2)17(19(24)25)21-16(22)9-10-20-18(23)15-8-7-13-5-3-4-6-14(13)11-15/h3-8,11-12,17H,9-10H2,1-2H3,(H,20,23)(H,21,22)(H,24,25). The van der Waals surface area contributed by atoms with Crippen molar-refractivity contribution in [1.82, 2.24) is 10.6 Å². The summed E-state index contributed by atoms with van der Waals surface area (Å²) in [6.45, 7) is 3.59. The maximum atomic E-state index is 12.2. The number of fused-ring (bicyclic) bond motifs is 1. The van der Waals surface area contributed by atoms with Crippen LogP contribution in [0.1, 0.15) is 30.6 Å². The van der Waals surface area contributed by atoms with E-state index in [1.807, 2.05) is 30.3 Å². The smallest absolute Gasteiger partial charge is 0.326 e. The molecule has 132 valence electrons. The van der Waals surface area contributed by atoms with Crippen LogP contribution in [0.2, 0.25) is 0 Å². The highest BCUT2D eigenvalue weighted by Gasteiger charge is 2.23. The first-order valence-electron chi connectivity index (χ1n) is 8.17. The lowest BCUT2D eigenvalue weighted by atomic mass is 10.0. The molecule has 0 saturated heterocycles. The van der Waals surface area contributed by atoms with Gasteiger partial charge in [-0.25, -0.2) is 4.79 Å². The van der Waals surface area contributed by atoms with E-state index in [4.69, 9.17) is 5.11 Å². The first-order valence-corrected chi connectivity index (χ1v) is 8.17. The SMILES string of the molecule is CC(C)C(NC(=O)CCNC(=O)c1ccc2ccccc2c1)C(=O)O. The molecule has 0 radical (unpaired) electrons. The maximum Gasteiger partial charge on any atom is 0.326 e. The summed E-state index contributed by atoms with van der Waals surface area (Å²) >= 11 is 0. The Morgan fingerprint density at radius 3 is 2.36 bits per heavy atom. The average molecular weight is 342 g/mol. The van der Waals surface area contributed by atoms with Crippen LogP contribution >= 0.6 is 0 Å². The van der Waals surface area contributed by atoms with Crippen molar-refractivity contribution < 1.29 is 19.5 Å². The molecule has 1 atom stereocenters. The van der Waals surface area contributed by atoms with Gasteiger partial charge >= 0.3 is 5.97 Å². The van der Waals surface area contributed by atoms with Crippen LogP contribution in [0.5, 0.6) is 0 Å². The predicted molar refractivity (Wildman–Crippen MR) is 95.3 cm³/mol. The first kappa shape index (κ1) is 18.4. The van der Waals surface area contributed by atoms with Crippen LogP contribution in [-0.2, 0) is 9.59 Å². The summed E-state index contributed by atoms with van der Waals surface area (Å²) in [6, 6.07) is 12.2. The van der Waals surface area contributed by atoms with Crippen molar-refractivity contribution in [3.8, 4) is 0 Å². The molecule has 0 aromatic heterocycles. The summed E-state index contributed by atoms with van der Waals surface area (Å²) in [5, 5.41) is 16.2. The third-order valence-corrected chi connectivity index (χ3v) is 3.90. The van der Waals surface area contributed by atoms with Gasteiger partial charge in [0.05, 0.1) is 0 Å². The summed E-state index contributed by atoms with van der Waals surface area (Å²) in [5.41, 5.74) is 0.518. The van der Waals surface area contributed by atoms with Crippen LogP contribution in [0.25, 0.3) is 10.8 Å². The Morgan fingerprint density at radius 1 is 1.04 bits per heavy atom. The van der Waals surface area contributed by atoms with E-state index < -0.39 is 17.9 Å². The highest BCUT2D eigenvalue weighted by molar-refractivity contribution is 5.98. The van der Waals surface area contributed by atoms with Gasteiger partial charge in [-0.3, -0.25) is 9.59 Å². The van der Waals surface area contributed by atoms with Crippen LogP contribution in [-0.4, -0.2) is 35.5 Å². The summed E-state index contributed by atoms with van der Waals surface area (Å²) < 4.78 is 0. The van der Waals surface area contributed by atoms with Crippen molar-refractivity contribution in [1.29, 1.82) is 0 Å². The fraction of sp³-hybridized carbons (Fsp3) is 0.316. The zero-order valence-corrected chi connectivity index (χ0v) is 14.3. The molecule has 1 unspecified atom stereocenters. The molecule has 0 spiro atoms. The lowest BCUT2D eigenvalue weighted by Gasteiger charge is -2.17. The first-order chi connectivity index (χ1) is 11.9. The number of amides is 2. The summed E-state index contributed by atoms with van der Waals surface area (Å²) in [4.78, 5) is 35.1. The van der Waals surface area contributed by atoms with Crippen molar-refractivity contribution in [2.45, 2.75) is 26.3 Å². The molecule has 2 rings (SSSR count). The van der Waals surface area contributed by atoms with E-state index >= 15 is 0 Å². The van der Waals surface area contributed by atoms with E-state index in [0.29, 0.717) is 5.56 Å². The number of hydrogen-bond donors (Lipinski definition) is 3. The maximum absolute atomic E-state index is 12.2. The second-order valence-corrected chi connectivity index (χ2v) is 6.20. The molecular weight excluding hydrogens is 320 g/mol. The molecule has 0 heterocycles. The van der Waals surface area contributed by atoms with Gasteiger partial charge in [-0.2, -0.15) is 0 Å². The number of hydrogen-bond acceptors (Lipinski definition) is 3. The number of benzene rings is 2. The Morgan fingerprint density at radius 2 is 1.72 bits per heavy atom. The minimum Gasteiger partial charge on any atom is -0.480 e. The van der Waals surface area contributed by atoms with E-state index in [2.05, 4.69) is 10.6 Å². The van der Waals surface area contributed by atoms with Crippen LogP contribution in [0.3, 0.4) is 0 Å². The Balaban J connectivity index is 1.87. The van der Waals surface area contributed by atoms with Gasteiger partial charge in [0.15, 0.2) is 0 Å². The van der Waals surface area contributed by atoms with Crippen LogP contribution < -0.4 is 10.6 Å². The molecular formula is C19H22N2O4. The van der Waals surface area contributed by atoms with Crippen molar-refractivity contribution in [3.05, 3.63) is 48.0 Å². The second-order valence-electron chi connectivity index (χ2n) is 6.20. The number of carboxylic acid groups (broad SMARTS) is 1. The van der Waals surface area contributed by atoms with Crippen LogP contribution in [0.4, 0.5) is 0 Å². The predicted octanol–water partition coefficient (Wildman–Crippen LogP) is 2.19. The fourth-order valence-corrected chi connectivity index (χ4v) is 2.48. The average Bonchev–Trinajstić information content (AvgIpc) is 2.58. The van der Waals surface area contributed by atoms with Crippen LogP contribution in [0, 0.1) is 5.92 Å². The molecule has 3 N–H and O–H groups in total. The minimum absolute atomic E-state index is 0.0236. The van der Waals surface area contributed by atoms with Gasteiger partial charge in [0.2, 0.25) is 5.91 Å². The second kappa shape index (κ2) is 8.28. The van der Waals surface area contributed by atoms with Gasteiger partial charge in [0, 0.05) is 18.5 Å². The molecule has 0 aliphatic rings. The molecule has 25 heavy (non-hydrogen) atoms. The Kier molecular flexibility index (Phi) is 6.11. The number of carbonyl (C=O) groups is 3. The van der Waals surface area contributed by atoms with Gasteiger partial charge in [-0.05, 0) is 28.8 Å². The zero-order valence-electron chi connectivity index (χ0n) is 14.3. The highest BCUT2D eigenvalue weighted by atomic mass is 16.4. The van der Waals surface area contributed by atoms with Crippen molar-refractivity contribution in [3.63, 3.8) is 0 Å². The normalized spacial score (nSPS) is 12.0. The summed E-state index contributed by atoms with van der Waals surface area (Å²) in [5.74, 6) is -1.95. The van der Waals surface area contributed by atoms with Gasteiger partial charge in [0.1, 0.15) is 6.04 Å². The number of rotatable bonds is 7. The summed E-state index contributed by atoms with van der Waals surface area (Å²) in [6.07, 6.45) is 0.0236. The molecule has 0 saturated carbocycles. The topological polar surface area (TPSA) is 95.5 Å². The van der Waals surface area contributed by atoms with E-state index in [9.17, 15) is 14.4 Å². The van der Waals surface area contributed by atoms with E-state index in [1.54, 1.807) is 26.0 Å². The lowest BCUT2D eigenvalue weighted by molar-refractivity contribution is -0.143. The van der Waals surface area contributed by atoms with Gasteiger partial charge in [-0.15, -0.1) is 0 Å². The van der Waals surface area contributed by atoms with E-state index in [0.717, 1.165) is 10.8 Å². The van der Waals surface area contributed by atoms with Crippen molar-refractivity contribution >= 4 is 28.6 Å². The van der Waals surface area contributed by atoms with Crippen molar-refractivity contribution in [2.75, 3.05) is 6.54 Å². The lowest BCUT2D eigenvalue weighted by Crippen LogP contribution is -2.45. The third kappa shape index (κ3) is 5.04. The molecule has 6 nitrogen and oxygen atoms in total. The number of aliphatic carboxylic acids is 1. The minimum atomic E-state index is -1.07. The molecule has 0 aliphatic carbocycles. The molecule has 0 bridgehead atoms. The molecule has 6 heteroatoms. The molecule has 2 aromatic carbocycles. The Labute approximate surface area is 146 Å². The molecule has 0 aliphatic heterocycles. The fourth-order valence-electron chi connectivity index (χ4n) is 2.48.